The van der Waals surface area contributed by atoms with Crippen LogP contribution in [0.1, 0.15) is 59.0 Å². The molecular formula is C24H29ClN2O3S. The van der Waals surface area contributed by atoms with Crippen LogP contribution in [-0.2, 0) is 28.9 Å². The topological polar surface area (TPSA) is 58.6 Å². The first-order valence-corrected chi connectivity index (χ1v) is 12.3. The molecule has 0 atom stereocenters. The van der Waals surface area contributed by atoms with Crippen LogP contribution in [0, 0.1) is 5.92 Å². The average Bonchev–Trinajstić information content (AvgIpc) is 3.14. The van der Waals surface area contributed by atoms with Crippen LogP contribution in [0.25, 0.3) is 0 Å². The maximum atomic E-state index is 13.0. The third kappa shape index (κ3) is 5.30. The lowest BCUT2D eigenvalue weighted by Crippen LogP contribution is -2.37. The normalized spacial score (nSPS) is 17.2. The molecule has 2 aliphatic rings. The predicted molar refractivity (Wildman–Crippen MR) is 125 cm³/mol. The summed E-state index contributed by atoms with van der Waals surface area (Å²) in [6, 6.07) is 7.94. The van der Waals surface area contributed by atoms with Crippen molar-refractivity contribution in [3.63, 3.8) is 0 Å². The minimum absolute atomic E-state index is 0.0234. The quantitative estimate of drug-likeness (QED) is 0.593. The van der Waals surface area contributed by atoms with Crippen LogP contribution < -0.4 is 5.32 Å². The van der Waals surface area contributed by atoms with Crippen LogP contribution in [0.5, 0.6) is 0 Å². The summed E-state index contributed by atoms with van der Waals surface area (Å²) in [7, 11) is 0. The van der Waals surface area contributed by atoms with Crippen LogP contribution in [0.2, 0.25) is 5.02 Å². The number of fused-ring (bicyclic) bond motifs is 1. The third-order valence-corrected chi connectivity index (χ3v) is 7.62. The second kappa shape index (κ2) is 10.2. The Morgan fingerprint density at radius 3 is 2.58 bits per heavy atom. The number of nitrogens with zero attached hydrogens (tertiary/aromatic N) is 1. The number of aryl methyl sites for hydroxylation is 1. The second-order valence-electron chi connectivity index (χ2n) is 8.30. The first kappa shape index (κ1) is 22.3. The molecule has 2 heterocycles. The van der Waals surface area contributed by atoms with Gasteiger partial charge in [0.15, 0.2) is 0 Å². The zero-order chi connectivity index (χ0) is 21.8. The Labute approximate surface area is 192 Å². The molecule has 5 nitrogen and oxygen atoms in total. The van der Waals surface area contributed by atoms with Crippen molar-refractivity contribution in [2.75, 3.05) is 25.0 Å². The largest absolute Gasteiger partial charge is 0.462 e. The summed E-state index contributed by atoms with van der Waals surface area (Å²) in [6.07, 6.45) is 5.72. The number of esters is 1. The van der Waals surface area contributed by atoms with Crippen LogP contribution in [0.4, 0.5) is 5.00 Å². The molecule has 1 amide bonds. The first-order valence-electron chi connectivity index (χ1n) is 11.1. The van der Waals surface area contributed by atoms with E-state index in [0.29, 0.717) is 17.2 Å². The number of hydrogen-bond donors (Lipinski definition) is 1. The number of piperidine rings is 1. The fourth-order valence-electron chi connectivity index (χ4n) is 4.49. The van der Waals surface area contributed by atoms with Crippen molar-refractivity contribution in [1.82, 2.24) is 4.90 Å². The Kier molecular flexibility index (Phi) is 7.31. The predicted octanol–water partition coefficient (Wildman–Crippen LogP) is 5.31. The number of likely N-dealkylation sites (tertiary alicyclic amines) is 1. The molecule has 166 valence electrons. The summed E-state index contributed by atoms with van der Waals surface area (Å²) in [4.78, 5) is 29.2. The average molecular weight is 461 g/mol. The minimum Gasteiger partial charge on any atom is -0.462 e. The number of nitrogens with one attached hydrogen (secondary N) is 1. The summed E-state index contributed by atoms with van der Waals surface area (Å²) >= 11 is 7.53. The van der Waals surface area contributed by atoms with Gasteiger partial charge in [-0.15, -0.1) is 11.3 Å². The molecule has 31 heavy (non-hydrogen) atoms. The molecule has 1 fully saturated rings. The lowest BCUT2D eigenvalue weighted by Gasteiger charge is -2.31. The van der Waals surface area contributed by atoms with Gasteiger partial charge in [-0.3, -0.25) is 9.69 Å². The van der Waals surface area contributed by atoms with Gasteiger partial charge in [0, 0.05) is 22.4 Å². The Hall–Kier alpha value is -1.89. The van der Waals surface area contributed by atoms with E-state index in [1.165, 1.54) is 10.4 Å². The van der Waals surface area contributed by atoms with Crippen molar-refractivity contribution >= 4 is 39.8 Å². The molecule has 7 heteroatoms. The molecule has 1 aromatic carbocycles. The molecule has 1 aliphatic carbocycles. The summed E-state index contributed by atoms with van der Waals surface area (Å²) in [6.45, 7) is 4.78. The zero-order valence-corrected chi connectivity index (χ0v) is 19.5. The molecule has 4 rings (SSSR count). The fraction of sp³-hybridized carbons (Fsp3) is 0.500. The van der Waals surface area contributed by atoms with E-state index >= 15 is 0 Å². The van der Waals surface area contributed by atoms with Crippen molar-refractivity contribution in [3.05, 3.63) is 50.9 Å². The molecule has 1 aliphatic heterocycles. The van der Waals surface area contributed by atoms with Crippen LogP contribution >= 0.6 is 22.9 Å². The van der Waals surface area contributed by atoms with Gasteiger partial charge in [0.25, 0.3) is 0 Å². The van der Waals surface area contributed by atoms with E-state index in [4.69, 9.17) is 16.3 Å². The molecule has 1 saturated heterocycles. The van der Waals surface area contributed by atoms with E-state index in [9.17, 15) is 9.59 Å². The molecule has 1 aromatic heterocycles. The number of halogens is 1. The van der Waals surface area contributed by atoms with Crippen molar-refractivity contribution in [2.24, 2.45) is 5.92 Å². The van der Waals surface area contributed by atoms with E-state index in [1.807, 2.05) is 19.1 Å². The van der Waals surface area contributed by atoms with E-state index in [2.05, 4.69) is 22.3 Å². The first-order chi connectivity index (χ1) is 15.0. The number of carbonyl (C=O) groups is 2. The summed E-state index contributed by atoms with van der Waals surface area (Å²) in [5, 5.41) is 4.52. The molecule has 0 unspecified atom stereocenters. The fourth-order valence-corrected chi connectivity index (χ4v) is 5.89. The van der Waals surface area contributed by atoms with E-state index in [1.54, 1.807) is 11.3 Å². The standard InChI is InChI=1S/C24H29ClN2O3S/c1-2-30-24(29)21-19-5-3-4-6-20(19)31-23(21)26-22(28)17-11-13-27(14-12-17)15-16-7-9-18(25)10-8-16/h7-10,17H,2-6,11-15H2,1H3,(H,26,28). The number of carbonyl (C=O) groups excluding carboxylic acids is 2. The van der Waals surface area contributed by atoms with E-state index in [0.717, 1.165) is 68.7 Å². The van der Waals surface area contributed by atoms with Gasteiger partial charge in [0.1, 0.15) is 5.00 Å². The Bertz CT molecular complexity index is 933. The van der Waals surface area contributed by atoms with Gasteiger partial charge >= 0.3 is 5.97 Å². The maximum Gasteiger partial charge on any atom is 0.341 e. The lowest BCUT2D eigenvalue weighted by molar-refractivity contribution is -0.121. The van der Waals surface area contributed by atoms with Crippen LogP contribution in [0.3, 0.4) is 0 Å². The van der Waals surface area contributed by atoms with Gasteiger partial charge in [-0.25, -0.2) is 4.79 Å². The van der Waals surface area contributed by atoms with Gasteiger partial charge in [-0.05, 0) is 81.8 Å². The number of anilines is 1. The molecule has 0 spiro atoms. The molecule has 0 bridgehead atoms. The van der Waals surface area contributed by atoms with E-state index in [-0.39, 0.29) is 17.8 Å². The van der Waals surface area contributed by atoms with Crippen molar-refractivity contribution in [2.45, 2.75) is 52.0 Å². The smallest absolute Gasteiger partial charge is 0.341 e. The van der Waals surface area contributed by atoms with Gasteiger partial charge < -0.3 is 10.1 Å². The molecule has 0 radical (unpaired) electrons. The van der Waals surface area contributed by atoms with Gasteiger partial charge in [0.05, 0.1) is 12.2 Å². The van der Waals surface area contributed by atoms with E-state index < -0.39 is 0 Å². The number of amides is 1. The Balaban J connectivity index is 1.38. The van der Waals surface area contributed by atoms with Gasteiger partial charge in [-0.1, -0.05) is 23.7 Å². The van der Waals surface area contributed by atoms with Crippen LogP contribution in [0.15, 0.2) is 24.3 Å². The van der Waals surface area contributed by atoms with Crippen LogP contribution in [-0.4, -0.2) is 36.5 Å². The van der Waals surface area contributed by atoms with Crippen molar-refractivity contribution < 1.29 is 14.3 Å². The number of benzene rings is 1. The SMILES string of the molecule is CCOC(=O)c1c(NC(=O)C2CCN(Cc3ccc(Cl)cc3)CC2)sc2c1CCCC2. The highest BCUT2D eigenvalue weighted by Crippen LogP contribution is 2.39. The number of hydrogen-bond acceptors (Lipinski definition) is 5. The van der Waals surface area contributed by atoms with Gasteiger partial charge in [0.2, 0.25) is 5.91 Å². The summed E-state index contributed by atoms with van der Waals surface area (Å²) in [5.74, 6) is -0.319. The summed E-state index contributed by atoms with van der Waals surface area (Å²) < 4.78 is 5.30. The Morgan fingerprint density at radius 2 is 1.87 bits per heavy atom. The second-order valence-corrected chi connectivity index (χ2v) is 9.84. The molecule has 2 aromatic rings. The maximum absolute atomic E-state index is 13.0. The lowest BCUT2D eigenvalue weighted by atomic mass is 9.94. The molecule has 1 N–H and O–H groups in total. The highest BCUT2D eigenvalue weighted by molar-refractivity contribution is 7.17. The highest BCUT2D eigenvalue weighted by atomic mass is 35.5. The third-order valence-electron chi connectivity index (χ3n) is 6.17. The monoisotopic (exact) mass is 460 g/mol. The zero-order valence-electron chi connectivity index (χ0n) is 17.9. The summed E-state index contributed by atoms with van der Waals surface area (Å²) in [5.41, 5.74) is 2.91. The van der Waals surface area contributed by atoms with Gasteiger partial charge in [-0.2, -0.15) is 0 Å². The minimum atomic E-state index is -0.310. The van der Waals surface area contributed by atoms with Crippen molar-refractivity contribution in [1.29, 1.82) is 0 Å². The Morgan fingerprint density at radius 1 is 1.16 bits per heavy atom. The number of thiophene rings is 1. The highest BCUT2D eigenvalue weighted by Gasteiger charge is 2.30. The number of rotatable bonds is 6. The van der Waals surface area contributed by atoms with Crippen molar-refractivity contribution in [3.8, 4) is 0 Å². The number of ether oxygens (including phenoxy) is 1. The molecular weight excluding hydrogens is 432 g/mol. The molecule has 0 saturated carbocycles.